The molecule has 0 N–H and O–H groups in total. The van der Waals surface area contributed by atoms with Crippen LogP contribution in [0.5, 0.6) is 5.75 Å². The first-order valence-corrected chi connectivity index (χ1v) is 11.0. The van der Waals surface area contributed by atoms with Gasteiger partial charge in [0.2, 0.25) is 0 Å². The van der Waals surface area contributed by atoms with Crippen molar-refractivity contribution in [2.45, 2.75) is 50.4 Å². The maximum atomic E-state index is 14.4. The number of carbonyl (C=O) groups excluding carboxylic acids is 1. The molecule has 5 nitrogen and oxygen atoms in total. The van der Waals surface area contributed by atoms with Gasteiger partial charge in [-0.25, -0.2) is 4.39 Å². The van der Waals surface area contributed by atoms with E-state index in [9.17, 15) is 27.3 Å². The van der Waals surface area contributed by atoms with Crippen LogP contribution in [-0.4, -0.2) is 30.0 Å². The molecular weight excluding hydrogens is 464 g/mol. The zero-order valence-electron chi connectivity index (χ0n) is 17.5. The molecule has 0 atom stereocenters. The van der Waals surface area contributed by atoms with Crippen molar-refractivity contribution < 1.29 is 27.1 Å². The average molecular weight is 485 g/mol. The zero-order valence-corrected chi connectivity index (χ0v) is 18.3. The normalized spacial score (nSPS) is 17.7. The Labute approximate surface area is 192 Å². The SMILES string of the molecule is O=NC(=O)c1cc(C2CC2)c(CN2CCC(Oc3ccc(Cl)c(C(F)(F)F)c3)CC2)cc1F. The first-order valence-electron chi connectivity index (χ1n) is 10.6. The molecule has 2 aliphatic rings. The fraction of sp³-hybridized carbons (Fsp3) is 0.435. The smallest absolute Gasteiger partial charge is 0.417 e. The molecule has 33 heavy (non-hydrogen) atoms. The molecule has 10 heteroatoms. The highest BCUT2D eigenvalue weighted by Gasteiger charge is 2.34. The summed E-state index contributed by atoms with van der Waals surface area (Å²) >= 11 is 5.66. The van der Waals surface area contributed by atoms with E-state index in [0.717, 1.165) is 30.0 Å². The fourth-order valence-corrected chi connectivity index (χ4v) is 4.39. The first-order chi connectivity index (χ1) is 15.7. The summed E-state index contributed by atoms with van der Waals surface area (Å²) in [6.07, 6.45) is -1.74. The minimum atomic E-state index is -4.56. The van der Waals surface area contributed by atoms with Gasteiger partial charge in [0.1, 0.15) is 17.7 Å². The molecule has 1 heterocycles. The standard InChI is InChI=1S/C23H21ClF4N2O3/c24-20-4-3-16(10-19(20)23(26,27)28)33-15-5-7-30(8-6-15)12-14-9-21(25)18(22(31)29-32)11-17(14)13-1-2-13/h3-4,9-11,13,15H,1-2,5-8,12H2. The number of hydrogen-bond acceptors (Lipinski definition) is 4. The number of hydrogen-bond donors (Lipinski definition) is 0. The minimum Gasteiger partial charge on any atom is -0.490 e. The molecule has 4 rings (SSSR count). The van der Waals surface area contributed by atoms with Crippen LogP contribution in [0.15, 0.2) is 35.5 Å². The lowest BCUT2D eigenvalue weighted by molar-refractivity contribution is -0.137. The van der Waals surface area contributed by atoms with Gasteiger partial charge in [-0.2, -0.15) is 13.2 Å². The van der Waals surface area contributed by atoms with Gasteiger partial charge in [-0.1, -0.05) is 11.6 Å². The van der Waals surface area contributed by atoms with E-state index >= 15 is 0 Å². The molecule has 176 valence electrons. The van der Waals surface area contributed by atoms with Gasteiger partial charge in [0, 0.05) is 24.8 Å². The lowest BCUT2D eigenvalue weighted by Gasteiger charge is -2.32. The van der Waals surface area contributed by atoms with Gasteiger partial charge >= 0.3 is 12.1 Å². The summed E-state index contributed by atoms with van der Waals surface area (Å²) in [5, 5.41) is 1.95. The van der Waals surface area contributed by atoms with E-state index in [1.54, 1.807) is 0 Å². The van der Waals surface area contributed by atoms with Gasteiger partial charge in [-0.3, -0.25) is 9.69 Å². The van der Waals surface area contributed by atoms with Crippen LogP contribution in [0.1, 0.15) is 58.6 Å². The first kappa shape index (κ1) is 23.6. The highest BCUT2D eigenvalue weighted by Crippen LogP contribution is 2.43. The molecular formula is C23H21ClF4N2O3. The number of amides is 1. The number of benzene rings is 2. The lowest BCUT2D eigenvalue weighted by Crippen LogP contribution is -2.38. The van der Waals surface area contributed by atoms with Gasteiger partial charge in [-0.05, 0) is 73.1 Å². The second-order valence-corrected chi connectivity index (χ2v) is 8.84. The predicted octanol–water partition coefficient (Wildman–Crippen LogP) is 6.33. The number of nitroso groups, excluding NO2 is 1. The van der Waals surface area contributed by atoms with Gasteiger partial charge in [-0.15, -0.1) is 4.91 Å². The third kappa shape index (κ3) is 5.52. The number of ether oxygens (including phenoxy) is 1. The largest absolute Gasteiger partial charge is 0.490 e. The van der Waals surface area contributed by atoms with Gasteiger partial charge in [0.25, 0.3) is 0 Å². The highest BCUT2D eigenvalue weighted by molar-refractivity contribution is 6.31. The van der Waals surface area contributed by atoms with Crippen molar-refractivity contribution in [1.29, 1.82) is 0 Å². The van der Waals surface area contributed by atoms with Crippen LogP contribution >= 0.6 is 11.6 Å². The van der Waals surface area contributed by atoms with Crippen LogP contribution in [-0.2, 0) is 12.7 Å². The molecule has 2 fully saturated rings. The summed E-state index contributed by atoms with van der Waals surface area (Å²) in [4.78, 5) is 24.3. The molecule has 1 amide bonds. The molecule has 0 spiro atoms. The van der Waals surface area contributed by atoms with E-state index in [1.807, 2.05) is 0 Å². The summed E-state index contributed by atoms with van der Waals surface area (Å²) in [7, 11) is 0. The van der Waals surface area contributed by atoms with Crippen LogP contribution in [0.4, 0.5) is 17.6 Å². The quantitative estimate of drug-likeness (QED) is 0.355. The van der Waals surface area contributed by atoms with Crippen molar-refractivity contribution in [3.05, 3.63) is 68.3 Å². The van der Waals surface area contributed by atoms with Crippen LogP contribution in [0.2, 0.25) is 5.02 Å². The maximum absolute atomic E-state index is 14.4. The molecule has 0 aromatic heterocycles. The highest BCUT2D eigenvalue weighted by atomic mass is 35.5. The third-order valence-corrected chi connectivity index (χ3v) is 6.36. The third-order valence-electron chi connectivity index (χ3n) is 6.03. The van der Waals surface area contributed by atoms with Crippen molar-refractivity contribution >= 4 is 17.5 Å². The Bertz CT molecular complexity index is 1060. The Balaban J connectivity index is 1.40. The predicted molar refractivity (Wildman–Crippen MR) is 114 cm³/mol. The van der Waals surface area contributed by atoms with Crippen LogP contribution in [0.3, 0.4) is 0 Å². The van der Waals surface area contributed by atoms with E-state index < -0.39 is 23.5 Å². The number of likely N-dealkylation sites (tertiary alicyclic amines) is 1. The lowest BCUT2D eigenvalue weighted by atomic mass is 9.97. The summed E-state index contributed by atoms with van der Waals surface area (Å²) < 4.78 is 59.4. The molecule has 1 aliphatic heterocycles. The Kier molecular flexibility index (Phi) is 6.72. The number of carbonyl (C=O) groups is 1. The molecule has 2 aromatic carbocycles. The maximum Gasteiger partial charge on any atom is 0.417 e. The summed E-state index contributed by atoms with van der Waals surface area (Å²) in [6.45, 7) is 1.71. The second kappa shape index (κ2) is 9.38. The molecule has 0 bridgehead atoms. The van der Waals surface area contributed by atoms with Crippen molar-refractivity contribution in [2.75, 3.05) is 13.1 Å². The van der Waals surface area contributed by atoms with Gasteiger partial charge < -0.3 is 4.74 Å². The molecule has 0 radical (unpaired) electrons. The van der Waals surface area contributed by atoms with E-state index in [-0.39, 0.29) is 28.4 Å². The number of nitrogens with zero attached hydrogens (tertiary/aromatic N) is 2. The number of alkyl halides is 3. The number of piperidine rings is 1. The molecule has 0 unspecified atom stereocenters. The Hall–Kier alpha value is -2.52. The molecule has 2 aromatic rings. The summed E-state index contributed by atoms with van der Waals surface area (Å²) in [6, 6.07) is 6.27. The second-order valence-electron chi connectivity index (χ2n) is 8.43. The number of halogens is 5. The topological polar surface area (TPSA) is 59.0 Å². The van der Waals surface area contributed by atoms with E-state index in [1.165, 1.54) is 24.3 Å². The minimum absolute atomic E-state index is 0.118. The van der Waals surface area contributed by atoms with Gasteiger partial charge in [0.05, 0.1) is 16.1 Å². The van der Waals surface area contributed by atoms with Crippen LogP contribution in [0.25, 0.3) is 0 Å². The average Bonchev–Trinajstić information content (AvgIpc) is 3.60. The number of rotatable bonds is 6. The van der Waals surface area contributed by atoms with Crippen LogP contribution in [0, 0.1) is 10.7 Å². The van der Waals surface area contributed by atoms with Crippen molar-refractivity contribution in [3.8, 4) is 5.75 Å². The van der Waals surface area contributed by atoms with Crippen molar-refractivity contribution in [3.63, 3.8) is 0 Å². The zero-order chi connectivity index (χ0) is 23.8. The molecule has 1 saturated heterocycles. The van der Waals surface area contributed by atoms with E-state index in [4.69, 9.17) is 16.3 Å². The van der Waals surface area contributed by atoms with E-state index in [2.05, 4.69) is 10.1 Å². The van der Waals surface area contributed by atoms with Crippen molar-refractivity contribution in [1.82, 2.24) is 4.90 Å². The molecule has 1 aliphatic carbocycles. The monoisotopic (exact) mass is 484 g/mol. The van der Waals surface area contributed by atoms with Gasteiger partial charge in [0.15, 0.2) is 0 Å². The van der Waals surface area contributed by atoms with E-state index in [0.29, 0.717) is 32.5 Å². The Morgan fingerprint density at radius 2 is 1.82 bits per heavy atom. The molecule has 1 saturated carbocycles. The van der Waals surface area contributed by atoms with Crippen LogP contribution < -0.4 is 4.74 Å². The Morgan fingerprint density at radius 3 is 2.42 bits per heavy atom. The summed E-state index contributed by atoms with van der Waals surface area (Å²) in [5.41, 5.74) is 0.399. The fourth-order valence-electron chi connectivity index (χ4n) is 4.17. The summed E-state index contributed by atoms with van der Waals surface area (Å²) in [5.74, 6) is -1.52. The Morgan fingerprint density at radius 1 is 1.12 bits per heavy atom. The van der Waals surface area contributed by atoms with Crippen molar-refractivity contribution in [2.24, 2.45) is 5.18 Å².